The van der Waals surface area contributed by atoms with Gasteiger partial charge in [-0.2, -0.15) is 0 Å². The largest absolute Gasteiger partial charge is 0.573 e. The predicted octanol–water partition coefficient (Wildman–Crippen LogP) is 5.52. The number of benzene rings is 2. The first kappa shape index (κ1) is 24.3. The fourth-order valence-electron chi connectivity index (χ4n) is 3.98. The summed E-state index contributed by atoms with van der Waals surface area (Å²) in [5.41, 5.74) is 2.61. The molecule has 174 valence electrons. The summed E-state index contributed by atoms with van der Waals surface area (Å²) in [5, 5.41) is 9.11. The van der Waals surface area contributed by atoms with E-state index in [4.69, 9.17) is 5.11 Å². The maximum atomic E-state index is 12.4. The molecule has 3 rings (SSSR count). The van der Waals surface area contributed by atoms with Gasteiger partial charge in [0.25, 0.3) is 0 Å². The van der Waals surface area contributed by atoms with Gasteiger partial charge >= 0.3 is 12.3 Å². The van der Waals surface area contributed by atoms with Crippen molar-refractivity contribution in [2.75, 3.05) is 18.5 Å². The molecule has 0 spiro atoms. The Hall–Kier alpha value is -2.39. The summed E-state index contributed by atoms with van der Waals surface area (Å²) in [5.74, 6) is -1.09. The number of hydrogen-bond donors (Lipinski definition) is 1. The number of aryl methyl sites for hydroxylation is 1. The fraction of sp³-hybridized carbons (Fsp3) is 0.435. The summed E-state index contributed by atoms with van der Waals surface area (Å²) in [6, 6.07) is 12.4. The maximum absolute atomic E-state index is 12.4. The topological polar surface area (TPSA) is 53.0 Å². The molecule has 1 fully saturated rings. The van der Waals surface area contributed by atoms with Gasteiger partial charge in [-0.3, -0.25) is 4.79 Å². The summed E-state index contributed by atoms with van der Waals surface area (Å²) < 4.78 is 43.4. The number of aliphatic carboxylic acids is 1. The highest BCUT2D eigenvalue weighted by atomic mass is 32.2. The molecular weight excluding hydrogens is 441 g/mol. The minimum Gasteiger partial charge on any atom is -0.481 e. The molecule has 2 aromatic carbocycles. The van der Waals surface area contributed by atoms with Crippen molar-refractivity contribution in [1.29, 1.82) is 0 Å². The van der Waals surface area contributed by atoms with E-state index in [-0.39, 0.29) is 18.2 Å². The number of carboxylic acids is 1. The molecule has 9 heteroatoms. The molecule has 1 heterocycles. The lowest BCUT2D eigenvalue weighted by atomic mass is 10.1. The molecule has 32 heavy (non-hydrogen) atoms. The van der Waals surface area contributed by atoms with Gasteiger partial charge in [-0.05, 0) is 86.2 Å². The number of alkyl halides is 3. The Labute approximate surface area is 190 Å². The molecule has 1 aliphatic heterocycles. The van der Waals surface area contributed by atoms with E-state index in [0.717, 1.165) is 34.6 Å². The molecule has 0 amide bonds. The third-order valence-electron chi connectivity index (χ3n) is 5.38. The van der Waals surface area contributed by atoms with Crippen molar-refractivity contribution < 1.29 is 27.8 Å². The van der Waals surface area contributed by atoms with Gasteiger partial charge in [-0.25, -0.2) is 4.31 Å². The second kappa shape index (κ2) is 10.0. The molecule has 0 radical (unpaired) electrons. The monoisotopic (exact) mass is 468 g/mol. The number of ether oxygens (including phenoxy) is 1. The minimum absolute atomic E-state index is 0.00892. The quantitative estimate of drug-likeness (QED) is 0.515. The van der Waals surface area contributed by atoms with Crippen molar-refractivity contribution in [3.8, 4) is 5.75 Å². The lowest BCUT2D eigenvalue weighted by Gasteiger charge is -2.31. The van der Waals surface area contributed by atoms with Gasteiger partial charge in [-0.15, -0.1) is 13.2 Å². The molecule has 2 unspecified atom stereocenters. The Balaban J connectivity index is 1.68. The second-order valence-corrected chi connectivity index (χ2v) is 9.25. The molecular formula is C23H27F3N2O3S. The minimum atomic E-state index is -4.70. The van der Waals surface area contributed by atoms with E-state index < -0.39 is 12.3 Å². The van der Waals surface area contributed by atoms with Crippen LogP contribution in [-0.2, 0) is 11.2 Å². The van der Waals surface area contributed by atoms with Crippen LogP contribution in [0.4, 0.5) is 18.9 Å². The Morgan fingerprint density at radius 3 is 2.53 bits per heavy atom. The van der Waals surface area contributed by atoms with Crippen LogP contribution in [0.3, 0.4) is 0 Å². The van der Waals surface area contributed by atoms with Gasteiger partial charge in [0.1, 0.15) is 5.75 Å². The average molecular weight is 469 g/mol. The lowest BCUT2D eigenvalue weighted by molar-refractivity contribution is -0.274. The molecule has 2 atom stereocenters. The number of nitrogens with zero attached hydrogens (tertiary/aromatic N) is 2. The van der Waals surface area contributed by atoms with Crippen molar-refractivity contribution in [2.24, 2.45) is 0 Å². The van der Waals surface area contributed by atoms with E-state index in [0.29, 0.717) is 12.6 Å². The van der Waals surface area contributed by atoms with Gasteiger partial charge in [-0.1, -0.05) is 6.07 Å². The Morgan fingerprint density at radius 1 is 1.22 bits per heavy atom. The molecule has 2 aromatic rings. The summed E-state index contributed by atoms with van der Waals surface area (Å²) in [6.07, 6.45) is -2.67. The van der Waals surface area contributed by atoms with Crippen molar-refractivity contribution in [3.05, 3.63) is 53.6 Å². The van der Waals surface area contributed by atoms with Crippen LogP contribution in [-0.4, -0.2) is 47.4 Å². The van der Waals surface area contributed by atoms with E-state index in [2.05, 4.69) is 22.0 Å². The van der Waals surface area contributed by atoms with Gasteiger partial charge in [0.05, 0.1) is 6.42 Å². The van der Waals surface area contributed by atoms with Crippen molar-refractivity contribution in [1.82, 2.24) is 4.31 Å². The number of halogens is 3. The number of anilines is 1. The molecule has 0 aliphatic carbocycles. The smallest absolute Gasteiger partial charge is 0.481 e. The summed E-state index contributed by atoms with van der Waals surface area (Å²) in [6.45, 7) is 4.84. The first-order chi connectivity index (χ1) is 15.0. The molecule has 0 aromatic heterocycles. The summed E-state index contributed by atoms with van der Waals surface area (Å²) in [4.78, 5) is 14.1. The number of rotatable bonds is 8. The maximum Gasteiger partial charge on any atom is 0.573 e. The number of likely N-dealkylation sites (N-methyl/N-ethyl adjacent to an activating group) is 1. The Bertz CT molecular complexity index is 937. The molecule has 0 bridgehead atoms. The van der Waals surface area contributed by atoms with E-state index in [1.807, 2.05) is 31.0 Å². The van der Waals surface area contributed by atoms with Crippen molar-refractivity contribution in [3.63, 3.8) is 0 Å². The number of hydrogen-bond acceptors (Lipinski definition) is 5. The van der Waals surface area contributed by atoms with Crippen LogP contribution in [0.25, 0.3) is 0 Å². The van der Waals surface area contributed by atoms with Crippen LogP contribution in [0.15, 0.2) is 47.4 Å². The third kappa shape index (κ3) is 6.80. The van der Waals surface area contributed by atoms with Crippen LogP contribution in [0, 0.1) is 6.92 Å². The fourth-order valence-corrected chi connectivity index (χ4v) is 5.28. The summed E-state index contributed by atoms with van der Waals surface area (Å²) >= 11 is 1.64. The molecule has 5 nitrogen and oxygen atoms in total. The van der Waals surface area contributed by atoms with Crippen LogP contribution in [0.1, 0.15) is 30.9 Å². The standard InChI is InChI=1S/C23H27F3N2O3S/c1-15-10-17(13-22(29)30)12-21(11-15)32-28-16(2)4-5-19(28)14-27(3)18-6-8-20(9-7-18)31-23(24,25)26/h6-12,16,19H,4-5,13-14H2,1-3H3,(H,29,30). The van der Waals surface area contributed by atoms with Gasteiger partial charge in [0, 0.05) is 36.3 Å². The number of carbonyl (C=O) groups is 1. The Kier molecular flexibility index (Phi) is 7.61. The van der Waals surface area contributed by atoms with Crippen molar-refractivity contribution >= 4 is 23.6 Å². The van der Waals surface area contributed by atoms with Crippen LogP contribution in [0.5, 0.6) is 5.75 Å². The SMILES string of the molecule is Cc1cc(CC(=O)O)cc(SN2C(C)CCC2CN(C)c2ccc(OC(F)(F)F)cc2)c1. The zero-order valence-electron chi connectivity index (χ0n) is 18.2. The van der Waals surface area contributed by atoms with Gasteiger partial charge < -0.3 is 14.7 Å². The molecule has 0 saturated carbocycles. The zero-order chi connectivity index (χ0) is 23.5. The van der Waals surface area contributed by atoms with Crippen LogP contribution in [0.2, 0.25) is 0 Å². The van der Waals surface area contributed by atoms with Gasteiger partial charge in [0.2, 0.25) is 0 Å². The lowest BCUT2D eigenvalue weighted by Crippen LogP contribution is -2.37. The molecule has 1 N–H and O–H groups in total. The van der Waals surface area contributed by atoms with E-state index in [9.17, 15) is 18.0 Å². The van der Waals surface area contributed by atoms with E-state index in [1.165, 1.54) is 12.1 Å². The highest BCUT2D eigenvalue weighted by Gasteiger charge is 2.33. The third-order valence-corrected chi connectivity index (χ3v) is 6.70. The van der Waals surface area contributed by atoms with Gasteiger partial charge in [0.15, 0.2) is 0 Å². The zero-order valence-corrected chi connectivity index (χ0v) is 19.0. The second-order valence-electron chi connectivity index (χ2n) is 8.18. The highest BCUT2D eigenvalue weighted by Crippen LogP contribution is 2.37. The van der Waals surface area contributed by atoms with Crippen LogP contribution < -0.4 is 9.64 Å². The molecule has 1 aliphatic rings. The van der Waals surface area contributed by atoms with Crippen LogP contribution >= 0.6 is 11.9 Å². The normalized spacial score (nSPS) is 19.2. The molecule has 1 saturated heterocycles. The first-order valence-corrected chi connectivity index (χ1v) is 11.1. The highest BCUT2D eigenvalue weighted by molar-refractivity contribution is 7.97. The van der Waals surface area contributed by atoms with E-state index >= 15 is 0 Å². The average Bonchev–Trinajstić information content (AvgIpc) is 2.99. The van der Waals surface area contributed by atoms with E-state index in [1.54, 1.807) is 24.1 Å². The van der Waals surface area contributed by atoms with Crippen molar-refractivity contribution in [2.45, 2.75) is 56.5 Å². The predicted molar refractivity (Wildman–Crippen MR) is 119 cm³/mol. The first-order valence-electron chi connectivity index (χ1n) is 10.4. The Morgan fingerprint density at radius 2 is 1.91 bits per heavy atom. The summed E-state index contributed by atoms with van der Waals surface area (Å²) in [7, 11) is 1.92. The number of carboxylic acid groups (broad SMARTS) is 1.